The van der Waals surface area contributed by atoms with Crippen LogP contribution in [-0.2, 0) is 6.54 Å². The Labute approximate surface area is 111 Å². The zero-order valence-electron chi connectivity index (χ0n) is 11.0. The van der Waals surface area contributed by atoms with Gasteiger partial charge in [-0.25, -0.2) is 0 Å². The normalized spacial score (nSPS) is 10.1. The SMILES string of the molecule is CCOc1ccccc1CNCCC(C)C.Cl. The Morgan fingerprint density at radius 3 is 2.59 bits per heavy atom. The van der Waals surface area contributed by atoms with Crippen LogP contribution in [-0.4, -0.2) is 13.2 Å². The van der Waals surface area contributed by atoms with Crippen molar-refractivity contribution in [3.05, 3.63) is 29.8 Å². The molecule has 0 aliphatic heterocycles. The molecule has 0 aliphatic carbocycles. The number of ether oxygens (including phenoxy) is 1. The maximum Gasteiger partial charge on any atom is 0.123 e. The minimum Gasteiger partial charge on any atom is -0.494 e. The summed E-state index contributed by atoms with van der Waals surface area (Å²) in [4.78, 5) is 0. The molecule has 98 valence electrons. The topological polar surface area (TPSA) is 21.3 Å². The van der Waals surface area contributed by atoms with Gasteiger partial charge in [-0.05, 0) is 31.9 Å². The summed E-state index contributed by atoms with van der Waals surface area (Å²) in [5.74, 6) is 1.76. The monoisotopic (exact) mass is 257 g/mol. The maximum atomic E-state index is 5.58. The number of halogens is 1. The highest BCUT2D eigenvalue weighted by Gasteiger charge is 2.01. The van der Waals surface area contributed by atoms with Crippen molar-refractivity contribution in [3.8, 4) is 5.75 Å². The lowest BCUT2D eigenvalue weighted by atomic mass is 10.1. The van der Waals surface area contributed by atoms with E-state index < -0.39 is 0 Å². The Morgan fingerprint density at radius 1 is 1.24 bits per heavy atom. The van der Waals surface area contributed by atoms with Crippen LogP contribution in [0.5, 0.6) is 5.75 Å². The fraction of sp³-hybridized carbons (Fsp3) is 0.571. The Hall–Kier alpha value is -0.730. The molecule has 0 radical (unpaired) electrons. The predicted octanol–water partition coefficient (Wildman–Crippen LogP) is 3.64. The van der Waals surface area contributed by atoms with Gasteiger partial charge in [0.05, 0.1) is 6.61 Å². The molecule has 0 bridgehead atoms. The zero-order valence-corrected chi connectivity index (χ0v) is 11.8. The first kappa shape index (κ1) is 16.3. The van der Waals surface area contributed by atoms with Gasteiger partial charge >= 0.3 is 0 Å². The van der Waals surface area contributed by atoms with Crippen molar-refractivity contribution in [3.63, 3.8) is 0 Å². The Kier molecular flexibility index (Phi) is 8.92. The van der Waals surface area contributed by atoms with E-state index in [1.807, 2.05) is 19.1 Å². The highest BCUT2D eigenvalue weighted by atomic mass is 35.5. The summed E-state index contributed by atoms with van der Waals surface area (Å²) < 4.78 is 5.58. The lowest BCUT2D eigenvalue weighted by molar-refractivity contribution is 0.335. The first-order valence-electron chi connectivity index (χ1n) is 6.15. The largest absolute Gasteiger partial charge is 0.494 e. The van der Waals surface area contributed by atoms with Gasteiger partial charge in [0.1, 0.15) is 5.75 Å². The van der Waals surface area contributed by atoms with E-state index >= 15 is 0 Å². The number of para-hydroxylation sites is 1. The second kappa shape index (κ2) is 9.32. The number of hydrogen-bond donors (Lipinski definition) is 1. The third-order valence-corrected chi connectivity index (χ3v) is 2.49. The molecule has 1 rings (SSSR count). The van der Waals surface area contributed by atoms with Crippen LogP contribution in [0.2, 0.25) is 0 Å². The molecule has 0 saturated carbocycles. The first-order valence-corrected chi connectivity index (χ1v) is 6.15. The minimum absolute atomic E-state index is 0. The van der Waals surface area contributed by atoms with Crippen molar-refractivity contribution in [1.82, 2.24) is 5.32 Å². The van der Waals surface area contributed by atoms with E-state index in [-0.39, 0.29) is 12.4 Å². The molecule has 0 saturated heterocycles. The summed E-state index contributed by atoms with van der Waals surface area (Å²) in [6.07, 6.45) is 1.22. The molecule has 3 heteroatoms. The summed E-state index contributed by atoms with van der Waals surface area (Å²) in [5, 5.41) is 3.45. The third-order valence-electron chi connectivity index (χ3n) is 2.49. The zero-order chi connectivity index (χ0) is 11.8. The third kappa shape index (κ3) is 6.54. The molecule has 2 nitrogen and oxygen atoms in total. The van der Waals surface area contributed by atoms with E-state index in [9.17, 15) is 0 Å². The predicted molar refractivity (Wildman–Crippen MR) is 76.0 cm³/mol. The molecule has 0 unspecified atom stereocenters. The molecule has 1 N–H and O–H groups in total. The Morgan fingerprint density at radius 2 is 1.94 bits per heavy atom. The van der Waals surface area contributed by atoms with Crippen LogP contribution >= 0.6 is 12.4 Å². The molecule has 0 aliphatic rings. The number of rotatable bonds is 7. The summed E-state index contributed by atoms with van der Waals surface area (Å²) in [6, 6.07) is 8.22. The van der Waals surface area contributed by atoms with Gasteiger partial charge in [0.2, 0.25) is 0 Å². The average molecular weight is 258 g/mol. The summed E-state index contributed by atoms with van der Waals surface area (Å²) in [6.45, 7) is 9.19. The standard InChI is InChI=1S/C14H23NO.ClH/c1-4-16-14-8-6-5-7-13(14)11-15-10-9-12(2)3;/h5-8,12,15H,4,9-11H2,1-3H3;1H. The molecule has 1 aromatic rings. The molecule has 0 heterocycles. The van der Waals surface area contributed by atoms with Gasteiger partial charge in [0, 0.05) is 12.1 Å². The maximum absolute atomic E-state index is 5.58. The second-order valence-corrected chi connectivity index (χ2v) is 4.40. The number of hydrogen-bond acceptors (Lipinski definition) is 2. The van der Waals surface area contributed by atoms with Crippen LogP contribution in [0.1, 0.15) is 32.8 Å². The van der Waals surface area contributed by atoms with Crippen LogP contribution in [0, 0.1) is 5.92 Å². The van der Waals surface area contributed by atoms with Crippen LogP contribution in [0.4, 0.5) is 0 Å². The molecule has 0 aromatic heterocycles. The molecule has 0 spiro atoms. The van der Waals surface area contributed by atoms with Crippen molar-refractivity contribution >= 4 is 12.4 Å². The van der Waals surface area contributed by atoms with E-state index in [2.05, 4.69) is 31.3 Å². The molecular weight excluding hydrogens is 234 g/mol. The second-order valence-electron chi connectivity index (χ2n) is 4.40. The summed E-state index contributed by atoms with van der Waals surface area (Å²) in [5.41, 5.74) is 1.24. The van der Waals surface area contributed by atoms with Gasteiger partial charge < -0.3 is 10.1 Å². The first-order chi connectivity index (χ1) is 7.74. The van der Waals surface area contributed by atoms with Crippen LogP contribution in [0.3, 0.4) is 0 Å². The van der Waals surface area contributed by atoms with Gasteiger partial charge in [-0.2, -0.15) is 0 Å². The molecular formula is C14H24ClNO. The van der Waals surface area contributed by atoms with E-state index in [0.717, 1.165) is 31.4 Å². The fourth-order valence-electron chi connectivity index (χ4n) is 1.56. The van der Waals surface area contributed by atoms with Gasteiger partial charge in [0.25, 0.3) is 0 Å². The molecule has 0 atom stereocenters. The van der Waals surface area contributed by atoms with E-state index in [1.165, 1.54) is 12.0 Å². The van der Waals surface area contributed by atoms with Gasteiger partial charge in [-0.15, -0.1) is 12.4 Å². The number of nitrogens with one attached hydrogen (secondary N) is 1. The van der Waals surface area contributed by atoms with Gasteiger partial charge in [0.15, 0.2) is 0 Å². The fourth-order valence-corrected chi connectivity index (χ4v) is 1.56. The molecule has 1 aromatic carbocycles. The minimum atomic E-state index is 0. The molecule has 0 amide bonds. The lowest BCUT2D eigenvalue weighted by Crippen LogP contribution is -2.16. The number of benzene rings is 1. The molecule has 17 heavy (non-hydrogen) atoms. The summed E-state index contributed by atoms with van der Waals surface area (Å²) in [7, 11) is 0. The van der Waals surface area contributed by atoms with Crippen LogP contribution in [0.15, 0.2) is 24.3 Å². The van der Waals surface area contributed by atoms with Crippen molar-refractivity contribution in [1.29, 1.82) is 0 Å². The highest BCUT2D eigenvalue weighted by Crippen LogP contribution is 2.17. The van der Waals surface area contributed by atoms with Crippen LogP contribution < -0.4 is 10.1 Å². The van der Waals surface area contributed by atoms with Crippen LogP contribution in [0.25, 0.3) is 0 Å². The average Bonchev–Trinajstić information content (AvgIpc) is 2.26. The van der Waals surface area contributed by atoms with Crippen molar-refractivity contribution < 1.29 is 4.74 Å². The van der Waals surface area contributed by atoms with Gasteiger partial charge in [-0.1, -0.05) is 32.0 Å². The van der Waals surface area contributed by atoms with E-state index in [1.54, 1.807) is 0 Å². The highest BCUT2D eigenvalue weighted by molar-refractivity contribution is 5.85. The van der Waals surface area contributed by atoms with Crippen molar-refractivity contribution in [2.45, 2.75) is 33.7 Å². The summed E-state index contributed by atoms with van der Waals surface area (Å²) >= 11 is 0. The smallest absolute Gasteiger partial charge is 0.123 e. The Bertz CT molecular complexity index is 302. The molecule has 0 fully saturated rings. The van der Waals surface area contributed by atoms with Crippen molar-refractivity contribution in [2.75, 3.05) is 13.2 Å². The quantitative estimate of drug-likeness (QED) is 0.753. The van der Waals surface area contributed by atoms with E-state index in [4.69, 9.17) is 4.74 Å². The lowest BCUT2D eigenvalue weighted by Gasteiger charge is -2.11. The van der Waals surface area contributed by atoms with Gasteiger partial charge in [-0.3, -0.25) is 0 Å². The van der Waals surface area contributed by atoms with Crippen molar-refractivity contribution in [2.24, 2.45) is 5.92 Å². The van der Waals surface area contributed by atoms with E-state index in [0.29, 0.717) is 0 Å². The Balaban J connectivity index is 0.00000256.